The van der Waals surface area contributed by atoms with Gasteiger partial charge in [-0.25, -0.2) is 0 Å². The first-order valence-corrected chi connectivity index (χ1v) is 7.99. The van der Waals surface area contributed by atoms with Gasteiger partial charge in [0.2, 0.25) is 17.6 Å². The minimum absolute atomic E-state index is 0.126. The first-order valence-electron chi connectivity index (χ1n) is 7.99. The van der Waals surface area contributed by atoms with Crippen molar-refractivity contribution in [2.24, 2.45) is 0 Å². The number of hydrogen-bond acceptors (Lipinski definition) is 4. The summed E-state index contributed by atoms with van der Waals surface area (Å²) in [5.74, 6) is 0.805. The van der Waals surface area contributed by atoms with Gasteiger partial charge in [0.05, 0.1) is 6.54 Å². The minimum Gasteiger partial charge on any atom is -0.337 e. The quantitative estimate of drug-likeness (QED) is 0.668. The molecule has 1 heterocycles. The van der Waals surface area contributed by atoms with Gasteiger partial charge in [0.15, 0.2) is 0 Å². The number of amides is 1. The second-order valence-corrected chi connectivity index (χ2v) is 5.82. The molecule has 1 amide bonds. The van der Waals surface area contributed by atoms with Crippen LogP contribution in [0, 0.1) is 6.92 Å². The molecule has 2 aromatic carbocycles. The number of hydrogen-bond donors (Lipinski definition) is 0. The Labute approximate surface area is 146 Å². The van der Waals surface area contributed by atoms with E-state index in [4.69, 9.17) is 4.52 Å². The van der Waals surface area contributed by atoms with Crippen molar-refractivity contribution in [2.45, 2.75) is 13.5 Å². The molecule has 0 aliphatic heterocycles. The van der Waals surface area contributed by atoms with Gasteiger partial charge in [0, 0.05) is 18.7 Å². The molecule has 0 saturated heterocycles. The Bertz CT molecular complexity index is 885. The van der Waals surface area contributed by atoms with Gasteiger partial charge in [-0.2, -0.15) is 4.98 Å². The maximum absolute atomic E-state index is 12.2. The second-order valence-electron chi connectivity index (χ2n) is 5.82. The van der Waals surface area contributed by atoms with Gasteiger partial charge in [-0.3, -0.25) is 4.79 Å². The molecule has 3 aromatic rings. The Balaban J connectivity index is 1.64. The van der Waals surface area contributed by atoms with Gasteiger partial charge in [0.25, 0.3) is 0 Å². The lowest BCUT2D eigenvalue weighted by Gasteiger charge is -2.11. The molecule has 0 N–H and O–H groups in total. The van der Waals surface area contributed by atoms with Crippen LogP contribution in [0.15, 0.2) is 65.2 Å². The minimum atomic E-state index is -0.126. The van der Waals surface area contributed by atoms with Crippen LogP contribution in [0.1, 0.15) is 17.0 Å². The SMILES string of the molecule is Cc1cccc(-c2noc(CN(C)C(=O)/C=C/c3ccccc3)n2)c1. The van der Waals surface area contributed by atoms with Crippen molar-refractivity contribution < 1.29 is 9.32 Å². The molecule has 0 unspecified atom stereocenters. The number of carbonyl (C=O) groups is 1. The predicted octanol–water partition coefficient (Wildman–Crippen LogP) is 3.72. The van der Waals surface area contributed by atoms with Crippen molar-refractivity contribution in [1.29, 1.82) is 0 Å². The topological polar surface area (TPSA) is 59.2 Å². The van der Waals surface area contributed by atoms with E-state index in [1.807, 2.05) is 61.5 Å². The zero-order chi connectivity index (χ0) is 17.6. The van der Waals surface area contributed by atoms with Gasteiger partial charge < -0.3 is 9.42 Å². The monoisotopic (exact) mass is 333 g/mol. The lowest BCUT2D eigenvalue weighted by atomic mass is 10.1. The van der Waals surface area contributed by atoms with E-state index in [9.17, 15) is 4.79 Å². The van der Waals surface area contributed by atoms with E-state index in [2.05, 4.69) is 10.1 Å². The number of aryl methyl sites for hydroxylation is 1. The molecule has 25 heavy (non-hydrogen) atoms. The van der Waals surface area contributed by atoms with Crippen LogP contribution >= 0.6 is 0 Å². The summed E-state index contributed by atoms with van der Waals surface area (Å²) in [6, 6.07) is 17.6. The molecule has 0 bridgehead atoms. The molecule has 0 saturated carbocycles. The van der Waals surface area contributed by atoms with Crippen LogP contribution in [0.4, 0.5) is 0 Å². The highest BCUT2D eigenvalue weighted by Crippen LogP contribution is 2.17. The van der Waals surface area contributed by atoms with Crippen molar-refractivity contribution in [3.8, 4) is 11.4 Å². The fourth-order valence-corrected chi connectivity index (χ4v) is 2.36. The lowest BCUT2D eigenvalue weighted by molar-refractivity contribution is -0.125. The molecular formula is C20H19N3O2. The van der Waals surface area contributed by atoms with Gasteiger partial charge in [0.1, 0.15) is 0 Å². The van der Waals surface area contributed by atoms with E-state index in [1.165, 1.54) is 11.0 Å². The summed E-state index contributed by atoms with van der Waals surface area (Å²) in [4.78, 5) is 18.1. The van der Waals surface area contributed by atoms with Crippen LogP contribution in [0.2, 0.25) is 0 Å². The summed E-state index contributed by atoms with van der Waals surface area (Å²) < 4.78 is 5.26. The van der Waals surface area contributed by atoms with Gasteiger partial charge in [-0.1, -0.05) is 59.3 Å². The average Bonchev–Trinajstić information content (AvgIpc) is 3.09. The van der Waals surface area contributed by atoms with Crippen LogP contribution < -0.4 is 0 Å². The van der Waals surface area contributed by atoms with Crippen molar-refractivity contribution in [3.63, 3.8) is 0 Å². The molecule has 0 aliphatic carbocycles. The molecule has 3 rings (SSSR count). The van der Waals surface area contributed by atoms with E-state index in [0.29, 0.717) is 11.7 Å². The first kappa shape index (κ1) is 16.6. The summed E-state index contributed by atoms with van der Waals surface area (Å²) in [5, 5.41) is 3.99. The van der Waals surface area contributed by atoms with Crippen LogP contribution in [-0.4, -0.2) is 28.0 Å². The zero-order valence-electron chi connectivity index (χ0n) is 14.2. The van der Waals surface area contributed by atoms with Crippen LogP contribution in [0.25, 0.3) is 17.5 Å². The second kappa shape index (κ2) is 7.57. The highest BCUT2D eigenvalue weighted by atomic mass is 16.5. The molecule has 0 atom stereocenters. The fourth-order valence-electron chi connectivity index (χ4n) is 2.36. The normalized spacial score (nSPS) is 11.0. The van der Waals surface area contributed by atoms with E-state index in [-0.39, 0.29) is 12.5 Å². The molecule has 0 aliphatic rings. The predicted molar refractivity (Wildman–Crippen MR) is 96.4 cm³/mol. The highest BCUT2D eigenvalue weighted by Gasteiger charge is 2.13. The number of likely N-dealkylation sites (N-methyl/N-ethyl adjacent to an activating group) is 1. The van der Waals surface area contributed by atoms with Gasteiger partial charge >= 0.3 is 0 Å². The zero-order valence-corrected chi connectivity index (χ0v) is 14.2. The molecule has 0 spiro atoms. The van der Waals surface area contributed by atoms with Gasteiger partial charge in [-0.15, -0.1) is 0 Å². The van der Waals surface area contributed by atoms with E-state index in [0.717, 1.165) is 16.7 Å². The molecule has 0 radical (unpaired) electrons. The third-order valence-corrected chi connectivity index (χ3v) is 3.71. The summed E-state index contributed by atoms with van der Waals surface area (Å²) in [5.41, 5.74) is 3.00. The van der Waals surface area contributed by atoms with Crippen molar-refractivity contribution in [2.75, 3.05) is 7.05 Å². The summed E-state index contributed by atoms with van der Waals surface area (Å²) in [6.45, 7) is 2.27. The standard InChI is InChI=1S/C20H19N3O2/c1-15-7-6-10-17(13-15)20-21-18(25-22-20)14-23(2)19(24)12-11-16-8-4-3-5-9-16/h3-13H,14H2,1-2H3/b12-11+. The fraction of sp³-hybridized carbons (Fsp3) is 0.150. The summed E-state index contributed by atoms with van der Waals surface area (Å²) >= 11 is 0. The van der Waals surface area contributed by atoms with Crippen molar-refractivity contribution in [1.82, 2.24) is 15.0 Å². The summed E-state index contributed by atoms with van der Waals surface area (Å²) in [6.07, 6.45) is 3.32. The Morgan fingerprint density at radius 3 is 2.72 bits per heavy atom. The highest BCUT2D eigenvalue weighted by molar-refractivity contribution is 5.91. The Morgan fingerprint density at radius 2 is 1.96 bits per heavy atom. The smallest absolute Gasteiger partial charge is 0.246 e. The van der Waals surface area contributed by atoms with Crippen LogP contribution in [0.3, 0.4) is 0 Å². The Hall–Kier alpha value is -3.21. The van der Waals surface area contributed by atoms with Gasteiger partial charge in [-0.05, 0) is 24.6 Å². The Morgan fingerprint density at radius 1 is 1.16 bits per heavy atom. The maximum Gasteiger partial charge on any atom is 0.246 e. The number of benzene rings is 2. The molecule has 5 nitrogen and oxygen atoms in total. The van der Waals surface area contributed by atoms with Crippen molar-refractivity contribution >= 4 is 12.0 Å². The number of aromatic nitrogens is 2. The molecule has 126 valence electrons. The Kier molecular flexibility index (Phi) is 5.04. The summed E-state index contributed by atoms with van der Waals surface area (Å²) in [7, 11) is 1.70. The van der Waals surface area contributed by atoms with Crippen LogP contribution in [-0.2, 0) is 11.3 Å². The largest absolute Gasteiger partial charge is 0.337 e. The number of nitrogens with zero attached hydrogens (tertiary/aromatic N) is 3. The maximum atomic E-state index is 12.2. The van der Waals surface area contributed by atoms with E-state index >= 15 is 0 Å². The van der Waals surface area contributed by atoms with E-state index in [1.54, 1.807) is 13.1 Å². The number of carbonyl (C=O) groups excluding carboxylic acids is 1. The third kappa shape index (κ3) is 4.41. The van der Waals surface area contributed by atoms with Crippen molar-refractivity contribution in [3.05, 3.63) is 77.7 Å². The van der Waals surface area contributed by atoms with Crippen LogP contribution in [0.5, 0.6) is 0 Å². The molecule has 0 fully saturated rings. The lowest BCUT2D eigenvalue weighted by Crippen LogP contribution is -2.24. The molecule has 5 heteroatoms. The molecular weight excluding hydrogens is 314 g/mol. The third-order valence-electron chi connectivity index (χ3n) is 3.71. The van der Waals surface area contributed by atoms with E-state index < -0.39 is 0 Å². The molecule has 1 aromatic heterocycles. The number of rotatable bonds is 5. The average molecular weight is 333 g/mol. The first-order chi connectivity index (χ1) is 12.1.